The van der Waals surface area contributed by atoms with Crippen LogP contribution in [-0.2, 0) is 18.8 Å². The second kappa shape index (κ2) is 6.05. The third kappa shape index (κ3) is 4.61. The minimum absolute atomic E-state index is 0.104. The Morgan fingerprint density at radius 2 is 1.95 bits per heavy atom. The lowest BCUT2D eigenvalue weighted by atomic mass is 9.93. The van der Waals surface area contributed by atoms with E-state index in [1.54, 1.807) is 0 Å². The second-order valence-electron chi connectivity index (χ2n) is 6.25. The lowest BCUT2D eigenvalue weighted by Crippen LogP contribution is -2.64. The summed E-state index contributed by atoms with van der Waals surface area (Å²) in [6.07, 6.45) is -0.762. The number of nitrogens with one attached hydrogen (secondary N) is 1. The van der Waals surface area contributed by atoms with E-state index in [4.69, 9.17) is 9.16 Å². The first-order chi connectivity index (χ1) is 8.62. The Balaban J connectivity index is 2.58. The summed E-state index contributed by atoms with van der Waals surface area (Å²) >= 11 is 0. The summed E-state index contributed by atoms with van der Waals surface area (Å²) in [5, 5.41) is 2.59. The summed E-state index contributed by atoms with van der Waals surface area (Å²) in [6.45, 7) is 11.9. The molecule has 0 aromatic heterocycles. The van der Waals surface area contributed by atoms with Crippen LogP contribution in [0.25, 0.3) is 0 Å². The van der Waals surface area contributed by atoms with Crippen molar-refractivity contribution in [2.45, 2.75) is 59.2 Å². The van der Waals surface area contributed by atoms with Gasteiger partial charge in [0.05, 0.1) is 6.10 Å². The van der Waals surface area contributed by atoms with Crippen molar-refractivity contribution in [1.82, 2.24) is 5.32 Å². The largest absolute Gasteiger partial charge is 0.441 e. The zero-order valence-corrected chi connectivity index (χ0v) is 13.6. The molecule has 1 N–H and O–H groups in total. The molecule has 1 rings (SSSR count). The van der Waals surface area contributed by atoms with E-state index >= 15 is 0 Å². The number of ether oxygens (including phenoxy) is 1. The van der Waals surface area contributed by atoms with Crippen LogP contribution in [0, 0.1) is 11.8 Å². The van der Waals surface area contributed by atoms with E-state index < -0.39 is 14.5 Å². The maximum Gasteiger partial charge on any atom is 0.304 e. The standard InChI is InChI=1S/C13H25NO4Si/c1-8(2)7-19(5,6)18-9(3)11-12(16)14-13(11)17-10(4)15/h8-9,11,13H,7H2,1-6H3,(H,14,16)/t9?,11-,13+/m0/s1. The smallest absolute Gasteiger partial charge is 0.304 e. The minimum atomic E-state index is -1.79. The van der Waals surface area contributed by atoms with Crippen LogP contribution in [0.3, 0.4) is 0 Å². The molecule has 0 spiro atoms. The highest BCUT2D eigenvalue weighted by Gasteiger charge is 2.47. The number of esters is 1. The van der Waals surface area contributed by atoms with Crippen LogP contribution in [0.4, 0.5) is 0 Å². The molecule has 5 nitrogen and oxygen atoms in total. The molecule has 0 aromatic carbocycles. The maximum absolute atomic E-state index is 11.6. The fourth-order valence-corrected chi connectivity index (χ4v) is 5.93. The molecule has 1 heterocycles. The first kappa shape index (κ1) is 16.2. The van der Waals surface area contributed by atoms with E-state index in [-0.39, 0.29) is 23.9 Å². The quantitative estimate of drug-likeness (QED) is 0.460. The van der Waals surface area contributed by atoms with E-state index in [0.29, 0.717) is 5.92 Å². The van der Waals surface area contributed by atoms with Gasteiger partial charge >= 0.3 is 5.97 Å². The van der Waals surface area contributed by atoms with E-state index in [1.807, 2.05) is 6.92 Å². The number of rotatable bonds is 6. The molecule has 1 unspecified atom stereocenters. The fourth-order valence-electron chi connectivity index (χ4n) is 2.72. The number of hydrogen-bond donors (Lipinski definition) is 1. The Bertz CT molecular complexity index is 357. The van der Waals surface area contributed by atoms with Crippen LogP contribution in [-0.4, -0.2) is 32.5 Å². The van der Waals surface area contributed by atoms with Crippen molar-refractivity contribution in [3.8, 4) is 0 Å². The Morgan fingerprint density at radius 1 is 1.37 bits per heavy atom. The molecule has 0 radical (unpaired) electrons. The first-order valence-corrected chi connectivity index (χ1v) is 9.89. The summed E-state index contributed by atoms with van der Waals surface area (Å²) < 4.78 is 11.2. The average Bonchev–Trinajstić information content (AvgIpc) is 2.11. The molecule has 1 aliphatic rings. The summed E-state index contributed by atoms with van der Waals surface area (Å²) in [5.41, 5.74) is 0. The highest BCUT2D eigenvalue weighted by molar-refractivity contribution is 6.71. The normalized spacial score (nSPS) is 24.7. The molecule has 6 heteroatoms. The zero-order valence-electron chi connectivity index (χ0n) is 12.6. The third-order valence-electron chi connectivity index (χ3n) is 3.12. The van der Waals surface area contributed by atoms with E-state index in [9.17, 15) is 9.59 Å². The molecular formula is C13H25NO4Si. The average molecular weight is 287 g/mol. The molecule has 0 aromatic rings. The van der Waals surface area contributed by atoms with E-state index in [0.717, 1.165) is 6.04 Å². The summed E-state index contributed by atoms with van der Waals surface area (Å²) in [5.74, 6) is -0.301. The van der Waals surface area contributed by atoms with Crippen molar-refractivity contribution >= 4 is 20.2 Å². The molecule has 1 saturated heterocycles. The summed E-state index contributed by atoms with van der Waals surface area (Å²) in [6, 6.07) is 1.05. The molecule has 1 amide bonds. The second-order valence-corrected chi connectivity index (χ2v) is 10.4. The highest BCUT2D eigenvalue weighted by Crippen LogP contribution is 2.27. The molecule has 1 fully saturated rings. The Labute approximate surface area is 116 Å². The number of amides is 1. The predicted molar refractivity (Wildman–Crippen MR) is 74.9 cm³/mol. The number of carbonyl (C=O) groups excluding carboxylic acids is 2. The molecule has 0 aliphatic carbocycles. The van der Waals surface area contributed by atoms with Gasteiger partial charge in [-0.05, 0) is 32.0 Å². The van der Waals surface area contributed by atoms with Crippen molar-refractivity contribution in [1.29, 1.82) is 0 Å². The molecule has 0 saturated carbocycles. The van der Waals surface area contributed by atoms with Crippen LogP contribution >= 0.6 is 0 Å². The van der Waals surface area contributed by atoms with Gasteiger partial charge in [-0.25, -0.2) is 0 Å². The monoisotopic (exact) mass is 287 g/mol. The highest BCUT2D eigenvalue weighted by atomic mass is 28.4. The van der Waals surface area contributed by atoms with Crippen molar-refractivity contribution in [3.63, 3.8) is 0 Å². The van der Waals surface area contributed by atoms with E-state index in [2.05, 4.69) is 32.3 Å². The van der Waals surface area contributed by atoms with Crippen LogP contribution in [0.1, 0.15) is 27.7 Å². The topological polar surface area (TPSA) is 64.6 Å². The molecule has 3 atom stereocenters. The van der Waals surface area contributed by atoms with Gasteiger partial charge in [-0.1, -0.05) is 13.8 Å². The summed E-state index contributed by atoms with van der Waals surface area (Å²) in [4.78, 5) is 22.6. The zero-order chi connectivity index (χ0) is 14.8. The molecule has 110 valence electrons. The van der Waals surface area contributed by atoms with Crippen molar-refractivity contribution in [2.24, 2.45) is 11.8 Å². The van der Waals surface area contributed by atoms with Gasteiger partial charge in [0.1, 0.15) is 5.92 Å². The Kier molecular flexibility index (Phi) is 5.15. The maximum atomic E-state index is 11.6. The van der Waals surface area contributed by atoms with Gasteiger partial charge in [0.25, 0.3) is 0 Å². The molecular weight excluding hydrogens is 262 g/mol. The van der Waals surface area contributed by atoms with Crippen LogP contribution in [0.5, 0.6) is 0 Å². The Hall–Kier alpha value is -0.883. The molecule has 19 heavy (non-hydrogen) atoms. The Morgan fingerprint density at radius 3 is 2.37 bits per heavy atom. The molecule has 1 aliphatic heterocycles. The minimum Gasteiger partial charge on any atom is -0.441 e. The van der Waals surface area contributed by atoms with Gasteiger partial charge in [-0.2, -0.15) is 0 Å². The van der Waals surface area contributed by atoms with Gasteiger partial charge in [-0.15, -0.1) is 0 Å². The number of carbonyl (C=O) groups is 2. The number of β-lactam (4-membered cyclic amide) rings is 1. The fraction of sp³-hybridized carbons (Fsp3) is 0.846. The van der Waals surface area contributed by atoms with Crippen LogP contribution in [0.15, 0.2) is 0 Å². The van der Waals surface area contributed by atoms with Gasteiger partial charge in [0.15, 0.2) is 14.5 Å². The first-order valence-electron chi connectivity index (χ1n) is 6.78. The van der Waals surface area contributed by atoms with Crippen molar-refractivity contribution in [3.05, 3.63) is 0 Å². The number of hydrogen-bond acceptors (Lipinski definition) is 4. The van der Waals surface area contributed by atoms with Gasteiger partial charge in [0, 0.05) is 6.92 Å². The van der Waals surface area contributed by atoms with E-state index in [1.165, 1.54) is 6.92 Å². The van der Waals surface area contributed by atoms with Crippen LogP contribution < -0.4 is 5.32 Å². The van der Waals surface area contributed by atoms with Gasteiger partial charge in [-0.3, -0.25) is 9.59 Å². The van der Waals surface area contributed by atoms with Gasteiger partial charge < -0.3 is 14.5 Å². The van der Waals surface area contributed by atoms with Crippen molar-refractivity contribution in [2.75, 3.05) is 0 Å². The summed E-state index contributed by atoms with van der Waals surface area (Å²) in [7, 11) is -1.79. The molecule has 0 bridgehead atoms. The third-order valence-corrected chi connectivity index (χ3v) is 5.93. The predicted octanol–water partition coefficient (Wildman–Crippen LogP) is 1.89. The SMILES string of the molecule is CC(=O)O[C@H]1NC(=O)[C@@H]1C(C)O[Si](C)(C)CC(C)C. The lowest BCUT2D eigenvalue weighted by molar-refractivity contribution is -0.172. The van der Waals surface area contributed by atoms with Gasteiger partial charge in [0.2, 0.25) is 5.91 Å². The van der Waals surface area contributed by atoms with Crippen molar-refractivity contribution < 1.29 is 18.8 Å². The lowest BCUT2D eigenvalue weighted by Gasteiger charge is -2.41. The van der Waals surface area contributed by atoms with Crippen LogP contribution in [0.2, 0.25) is 19.1 Å².